The summed E-state index contributed by atoms with van der Waals surface area (Å²) in [6, 6.07) is 2.04. The number of benzene rings is 1. The number of carboxylic acids is 1. The first-order valence-electron chi connectivity index (χ1n) is 12.4. The topological polar surface area (TPSA) is 258 Å². The van der Waals surface area contributed by atoms with E-state index >= 15 is 0 Å². The van der Waals surface area contributed by atoms with E-state index in [-0.39, 0.29) is 25.7 Å². The number of aromatic nitrogens is 3. The lowest BCUT2D eigenvalue weighted by Crippen LogP contribution is -2.58. The Balaban J connectivity index is 1.84. The molecular weight excluding hydrogens is 524 g/mol. The maximum atomic E-state index is 13.5. The number of amides is 4. The smallest absolute Gasteiger partial charge is 0.328 e. The fraction of sp³-hybridized carbons (Fsp3) is 0.360. The van der Waals surface area contributed by atoms with Gasteiger partial charge in [-0.1, -0.05) is 18.2 Å². The van der Waals surface area contributed by atoms with Crippen molar-refractivity contribution >= 4 is 40.5 Å². The summed E-state index contributed by atoms with van der Waals surface area (Å²) in [6.45, 7) is -0.865. The van der Waals surface area contributed by atoms with Gasteiger partial charge in [-0.3, -0.25) is 19.2 Å². The van der Waals surface area contributed by atoms with Crippen LogP contribution in [0.1, 0.15) is 24.1 Å². The highest BCUT2D eigenvalue weighted by atomic mass is 16.4. The second-order valence-corrected chi connectivity index (χ2v) is 9.16. The number of aliphatic hydroxyl groups is 1. The molecule has 15 heteroatoms. The number of para-hydroxylation sites is 1. The molecule has 3 rings (SSSR count). The Hall–Kier alpha value is -4.76. The zero-order chi connectivity index (χ0) is 29.2. The summed E-state index contributed by atoms with van der Waals surface area (Å²) >= 11 is 0. The number of hydrogen-bond acceptors (Lipinski definition) is 8. The zero-order valence-corrected chi connectivity index (χ0v) is 21.4. The van der Waals surface area contributed by atoms with Crippen LogP contribution in [0.5, 0.6) is 0 Å². The van der Waals surface area contributed by atoms with E-state index in [1.807, 2.05) is 18.2 Å². The van der Waals surface area contributed by atoms with Crippen LogP contribution in [-0.2, 0) is 36.8 Å². The Morgan fingerprint density at radius 1 is 0.925 bits per heavy atom. The average Bonchev–Trinajstić information content (AvgIpc) is 3.59. The van der Waals surface area contributed by atoms with Crippen molar-refractivity contribution in [1.82, 2.24) is 30.9 Å². The van der Waals surface area contributed by atoms with Gasteiger partial charge in [0.05, 0.1) is 19.0 Å². The third-order valence-corrected chi connectivity index (χ3v) is 6.18. The molecule has 0 aliphatic rings. The van der Waals surface area contributed by atoms with Crippen LogP contribution < -0.4 is 27.4 Å². The van der Waals surface area contributed by atoms with Crippen molar-refractivity contribution in [3.05, 3.63) is 54.2 Å². The molecule has 0 radical (unpaired) electrons. The van der Waals surface area contributed by atoms with Gasteiger partial charge in [-0.05, 0) is 18.1 Å². The van der Waals surface area contributed by atoms with Gasteiger partial charge in [0.25, 0.3) is 0 Å². The molecule has 0 saturated carbocycles. The second-order valence-electron chi connectivity index (χ2n) is 9.16. The molecule has 0 aliphatic carbocycles. The number of primary amides is 1. The first kappa shape index (κ1) is 29.8. The minimum atomic E-state index is -1.60. The minimum Gasteiger partial charge on any atom is -0.480 e. The molecule has 4 atom stereocenters. The molecule has 11 N–H and O–H groups in total. The molecule has 214 valence electrons. The molecule has 2 aromatic heterocycles. The summed E-state index contributed by atoms with van der Waals surface area (Å²) in [5, 5.41) is 26.8. The van der Waals surface area contributed by atoms with E-state index in [9.17, 15) is 34.2 Å². The minimum absolute atomic E-state index is 0.0388. The average molecular weight is 557 g/mol. The standard InChI is InChI=1S/C25H32N8O7/c26-16(5-6-21(27)35)22(36)31-19(8-14-10-28-12-30-14)24(38)32-18(23(37)33-20(11-34)25(39)40)7-13-9-29-17-4-2-1-3-15(13)17/h1-4,9-10,12,16,18-20,29,34H,5-8,11,26H2,(H2,27,35)(H,28,30)(H,31,36)(H,32,38)(H,33,37)(H,39,40). The predicted molar refractivity (Wildman–Crippen MR) is 141 cm³/mol. The first-order chi connectivity index (χ1) is 19.1. The maximum absolute atomic E-state index is 13.5. The van der Waals surface area contributed by atoms with E-state index in [1.54, 1.807) is 12.3 Å². The lowest BCUT2D eigenvalue weighted by molar-refractivity contribution is -0.143. The number of aliphatic hydroxyl groups excluding tert-OH is 1. The molecule has 1 aromatic carbocycles. The van der Waals surface area contributed by atoms with Crippen molar-refractivity contribution in [3.8, 4) is 0 Å². The Morgan fingerprint density at radius 2 is 1.57 bits per heavy atom. The molecule has 0 aliphatic heterocycles. The van der Waals surface area contributed by atoms with Gasteiger partial charge < -0.3 is 47.6 Å². The third-order valence-electron chi connectivity index (χ3n) is 6.18. The highest BCUT2D eigenvalue weighted by molar-refractivity contribution is 5.95. The highest BCUT2D eigenvalue weighted by Crippen LogP contribution is 2.19. The number of nitrogens with two attached hydrogens (primary N) is 2. The van der Waals surface area contributed by atoms with Crippen LogP contribution in [0.2, 0.25) is 0 Å². The van der Waals surface area contributed by atoms with Gasteiger partial charge in [-0.2, -0.15) is 0 Å². The van der Waals surface area contributed by atoms with Gasteiger partial charge in [0.15, 0.2) is 0 Å². The van der Waals surface area contributed by atoms with Crippen molar-refractivity contribution in [2.24, 2.45) is 11.5 Å². The molecule has 3 aromatic rings. The van der Waals surface area contributed by atoms with Gasteiger partial charge >= 0.3 is 5.97 Å². The number of carbonyl (C=O) groups excluding carboxylic acids is 4. The normalized spacial score (nSPS) is 14.1. The number of H-pyrrole nitrogens is 2. The third kappa shape index (κ3) is 8.12. The number of nitrogens with zero attached hydrogens (tertiary/aromatic N) is 1. The first-order valence-corrected chi connectivity index (χ1v) is 12.4. The van der Waals surface area contributed by atoms with E-state index < -0.39 is 60.4 Å². The van der Waals surface area contributed by atoms with Crippen molar-refractivity contribution in [2.45, 2.75) is 49.9 Å². The molecule has 15 nitrogen and oxygen atoms in total. The number of hydrogen-bond donors (Lipinski definition) is 9. The lowest BCUT2D eigenvalue weighted by Gasteiger charge is -2.25. The lowest BCUT2D eigenvalue weighted by atomic mass is 10.0. The van der Waals surface area contributed by atoms with Gasteiger partial charge in [-0.15, -0.1) is 0 Å². The number of imidazole rings is 1. The maximum Gasteiger partial charge on any atom is 0.328 e. The predicted octanol–water partition coefficient (Wildman–Crippen LogP) is -2.20. The van der Waals surface area contributed by atoms with Crippen molar-refractivity contribution in [1.29, 1.82) is 0 Å². The van der Waals surface area contributed by atoms with E-state index in [2.05, 4.69) is 30.9 Å². The van der Waals surface area contributed by atoms with Gasteiger partial charge in [-0.25, -0.2) is 9.78 Å². The monoisotopic (exact) mass is 556 g/mol. The van der Waals surface area contributed by atoms with Crippen LogP contribution in [0.25, 0.3) is 10.9 Å². The van der Waals surface area contributed by atoms with Crippen molar-refractivity contribution in [3.63, 3.8) is 0 Å². The van der Waals surface area contributed by atoms with Crippen LogP contribution in [0, 0.1) is 0 Å². The number of fused-ring (bicyclic) bond motifs is 1. The quantitative estimate of drug-likeness (QED) is 0.0982. The summed E-state index contributed by atoms with van der Waals surface area (Å²) in [4.78, 5) is 71.6. The fourth-order valence-electron chi connectivity index (χ4n) is 3.99. The van der Waals surface area contributed by atoms with Crippen LogP contribution in [0.15, 0.2) is 43.0 Å². The van der Waals surface area contributed by atoms with Gasteiger partial charge in [0.2, 0.25) is 23.6 Å². The summed E-state index contributed by atoms with van der Waals surface area (Å²) < 4.78 is 0. The van der Waals surface area contributed by atoms with Crippen molar-refractivity contribution < 1.29 is 34.2 Å². The summed E-state index contributed by atoms with van der Waals surface area (Å²) in [5.74, 6) is -4.43. The van der Waals surface area contributed by atoms with E-state index in [0.29, 0.717) is 11.3 Å². The van der Waals surface area contributed by atoms with Crippen molar-refractivity contribution in [2.75, 3.05) is 6.61 Å². The van der Waals surface area contributed by atoms with Crippen LogP contribution in [-0.4, -0.2) is 85.5 Å². The number of rotatable bonds is 15. The van der Waals surface area contributed by atoms with Crippen LogP contribution in [0.4, 0.5) is 0 Å². The molecule has 0 spiro atoms. The van der Waals surface area contributed by atoms with Crippen LogP contribution >= 0.6 is 0 Å². The molecule has 40 heavy (non-hydrogen) atoms. The molecule has 4 unspecified atom stereocenters. The molecule has 0 fully saturated rings. The second kappa shape index (κ2) is 13.9. The summed E-state index contributed by atoms with van der Waals surface area (Å²) in [6.07, 6.45) is 4.25. The van der Waals surface area contributed by atoms with Gasteiger partial charge in [0, 0.05) is 48.3 Å². The van der Waals surface area contributed by atoms with Crippen LogP contribution in [0.3, 0.4) is 0 Å². The fourth-order valence-corrected chi connectivity index (χ4v) is 3.99. The van der Waals surface area contributed by atoms with E-state index in [0.717, 1.165) is 10.9 Å². The summed E-state index contributed by atoms with van der Waals surface area (Å²) in [5.41, 5.74) is 12.9. The van der Waals surface area contributed by atoms with E-state index in [1.165, 1.54) is 12.5 Å². The Morgan fingerprint density at radius 3 is 2.20 bits per heavy atom. The molecule has 2 heterocycles. The zero-order valence-electron chi connectivity index (χ0n) is 21.4. The largest absolute Gasteiger partial charge is 0.480 e. The number of aliphatic carboxylic acids is 1. The Kier molecular flexibility index (Phi) is 10.3. The molecule has 0 bridgehead atoms. The SMILES string of the molecule is NC(=O)CCC(N)C(=O)NC(Cc1cnc[nH]1)C(=O)NC(Cc1c[nH]c2ccccc12)C(=O)NC(CO)C(=O)O. The highest BCUT2D eigenvalue weighted by Gasteiger charge is 2.31. The molecule has 4 amide bonds. The number of aromatic amines is 2. The van der Waals surface area contributed by atoms with E-state index in [4.69, 9.17) is 11.5 Å². The number of carboxylic acid groups (broad SMARTS) is 1. The van der Waals surface area contributed by atoms with Gasteiger partial charge in [0.1, 0.15) is 18.1 Å². The number of nitrogens with one attached hydrogen (secondary N) is 5. The summed E-state index contributed by atoms with van der Waals surface area (Å²) in [7, 11) is 0. The Bertz CT molecular complexity index is 1340. The Labute approximate surface area is 228 Å². The number of carbonyl (C=O) groups is 5. The molecular formula is C25H32N8O7. The molecule has 0 saturated heterocycles.